The van der Waals surface area contributed by atoms with E-state index in [1.165, 1.54) is 0 Å². The number of esters is 4. The lowest BCUT2D eigenvalue weighted by molar-refractivity contribution is -0.262. The van der Waals surface area contributed by atoms with E-state index in [4.69, 9.17) is 41.6 Å². The van der Waals surface area contributed by atoms with Gasteiger partial charge in [-0.25, -0.2) is 0 Å². The maximum atomic E-state index is 13.4. The van der Waals surface area contributed by atoms with Gasteiger partial charge in [-0.2, -0.15) is 0 Å². The molecule has 1 heterocycles. The second kappa shape index (κ2) is 15.1. The first kappa shape index (κ1) is 39.7. The zero-order valence-corrected chi connectivity index (χ0v) is 30.6. The third-order valence-corrected chi connectivity index (χ3v) is 7.84. The highest BCUT2D eigenvalue weighted by Crippen LogP contribution is 2.33. The van der Waals surface area contributed by atoms with Crippen LogP contribution < -0.4 is 16.4 Å². The first-order valence-corrected chi connectivity index (χ1v) is 16.5. The summed E-state index contributed by atoms with van der Waals surface area (Å²) in [4.78, 5) is 52.9. The van der Waals surface area contributed by atoms with Crippen LogP contribution in [-0.2, 0) is 42.9 Å². The summed E-state index contributed by atoms with van der Waals surface area (Å²) in [5.41, 5.74) is 2.62. The predicted molar refractivity (Wildman–Crippen MR) is 176 cm³/mol. The molecule has 0 aromatic rings. The van der Waals surface area contributed by atoms with Crippen molar-refractivity contribution in [1.29, 1.82) is 0 Å². The number of nitrogens with one attached hydrogen (secondary N) is 2. The summed E-state index contributed by atoms with van der Waals surface area (Å²) in [6.07, 6.45) is -2.68. The largest absolute Gasteiger partial charge is 0.462 e. The van der Waals surface area contributed by atoms with Crippen LogP contribution in [0.2, 0.25) is 0 Å². The Kier molecular flexibility index (Phi) is 13.1. The number of carbonyl (C=O) groups excluding carboxylic acids is 4. The van der Waals surface area contributed by atoms with Crippen LogP contribution in [0.5, 0.6) is 0 Å². The van der Waals surface area contributed by atoms with Gasteiger partial charge >= 0.3 is 23.9 Å². The molecule has 0 radical (unpaired) electrons. The van der Waals surface area contributed by atoms with E-state index in [0.29, 0.717) is 0 Å². The van der Waals surface area contributed by atoms with E-state index in [-0.39, 0.29) is 23.8 Å². The van der Waals surface area contributed by atoms with E-state index in [2.05, 4.69) is 10.6 Å². The van der Waals surface area contributed by atoms with Gasteiger partial charge in [0, 0.05) is 12.1 Å². The molecule has 1 aliphatic heterocycles. The molecule has 0 aromatic heterocycles. The highest BCUT2D eigenvalue weighted by atomic mass is 32.1. The average molecular weight is 672 g/mol. The third-order valence-electron chi connectivity index (χ3n) is 7.60. The molecule has 0 aromatic carbocycles. The zero-order valence-electron chi connectivity index (χ0n) is 29.7. The minimum atomic E-state index is -1.37. The number of thiocarbonyl (C=S) groups is 1. The smallest absolute Gasteiger partial charge is 0.311 e. The van der Waals surface area contributed by atoms with E-state index < -0.39 is 76.2 Å². The molecule has 13 heteroatoms. The summed E-state index contributed by atoms with van der Waals surface area (Å²) in [5, 5.41) is 6.51. The van der Waals surface area contributed by atoms with Crippen LogP contribution in [0.1, 0.15) is 109 Å². The van der Waals surface area contributed by atoms with E-state index in [0.717, 1.165) is 25.7 Å². The monoisotopic (exact) mass is 671 g/mol. The SMILES string of the molecule is CC(C)(C)C(=O)OCC1OC(NC(=S)N[C@@H]2CCCC[C@H]2N)C(OC(=O)C(C)(C)C)C(OC(=O)C(C)(C)C)C1OC(=O)C(C)(C)C. The minimum absolute atomic E-state index is 0.0912. The molecule has 0 bridgehead atoms. The summed E-state index contributed by atoms with van der Waals surface area (Å²) in [6, 6.07) is -0.201. The maximum absolute atomic E-state index is 13.4. The Labute approximate surface area is 279 Å². The van der Waals surface area contributed by atoms with Gasteiger partial charge in [0.1, 0.15) is 12.7 Å². The Hall–Kier alpha value is -2.51. The third kappa shape index (κ3) is 11.3. The Morgan fingerprint density at radius 2 is 1.11 bits per heavy atom. The number of ether oxygens (including phenoxy) is 5. The van der Waals surface area contributed by atoms with Crippen molar-refractivity contribution in [2.75, 3.05) is 6.61 Å². The van der Waals surface area contributed by atoms with Crippen LogP contribution in [0, 0.1) is 21.7 Å². The fraction of sp³-hybridized carbons (Fsp3) is 0.848. The van der Waals surface area contributed by atoms with Gasteiger partial charge in [0.2, 0.25) is 0 Å². The molecule has 4 N–H and O–H groups in total. The number of carbonyl (C=O) groups is 4. The van der Waals surface area contributed by atoms with Gasteiger partial charge in [-0.15, -0.1) is 0 Å². The summed E-state index contributed by atoms with van der Waals surface area (Å²) in [7, 11) is 0. The van der Waals surface area contributed by atoms with Crippen molar-refractivity contribution in [3.63, 3.8) is 0 Å². The maximum Gasteiger partial charge on any atom is 0.311 e. The van der Waals surface area contributed by atoms with Crippen LogP contribution >= 0.6 is 12.2 Å². The molecule has 1 aliphatic carbocycles. The van der Waals surface area contributed by atoms with Crippen molar-refractivity contribution in [3.05, 3.63) is 0 Å². The van der Waals surface area contributed by atoms with E-state index >= 15 is 0 Å². The molecule has 7 atom stereocenters. The highest BCUT2D eigenvalue weighted by Gasteiger charge is 2.55. The molecule has 0 amide bonds. The minimum Gasteiger partial charge on any atom is -0.462 e. The Morgan fingerprint density at radius 1 is 0.674 bits per heavy atom. The second-order valence-electron chi connectivity index (χ2n) is 16.5. The molecule has 0 spiro atoms. The molecule has 46 heavy (non-hydrogen) atoms. The van der Waals surface area contributed by atoms with E-state index in [9.17, 15) is 19.2 Å². The topological polar surface area (TPSA) is 165 Å². The lowest BCUT2D eigenvalue weighted by Crippen LogP contribution is -2.68. The number of nitrogens with two attached hydrogens (primary N) is 1. The number of hydrogen-bond acceptors (Lipinski definition) is 11. The Bertz CT molecular complexity index is 1120. The van der Waals surface area contributed by atoms with Gasteiger partial charge in [0.15, 0.2) is 29.7 Å². The van der Waals surface area contributed by atoms with Gasteiger partial charge in [-0.05, 0) is 108 Å². The van der Waals surface area contributed by atoms with Gasteiger partial charge in [0.05, 0.1) is 21.7 Å². The molecule has 2 aliphatic rings. The Morgan fingerprint density at radius 3 is 1.57 bits per heavy atom. The number of rotatable bonds is 7. The van der Waals surface area contributed by atoms with Gasteiger partial charge < -0.3 is 40.1 Å². The van der Waals surface area contributed by atoms with Crippen molar-refractivity contribution in [3.8, 4) is 0 Å². The summed E-state index contributed by atoms with van der Waals surface area (Å²) in [5.74, 6) is -2.39. The summed E-state index contributed by atoms with van der Waals surface area (Å²) in [6.45, 7) is 19.8. The lowest BCUT2D eigenvalue weighted by Gasteiger charge is -2.46. The van der Waals surface area contributed by atoms with Crippen molar-refractivity contribution in [2.45, 2.75) is 151 Å². The quantitative estimate of drug-likeness (QED) is 0.203. The van der Waals surface area contributed by atoms with Crippen molar-refractivity contribution >= 4 is 41.2 Å². The van der Waals surface area contributed by atoms with Gasteiger partial charge in [-0.3, -0.25) is 19.2 Å². The van der Waals surface area contributed by atoms with Crippen LogP contribution in [0.25, 0.3) is 0 Å². The van der Waals surface area contributed by atoms with E-state index in [1.54, 1.807) is 83.1 Å². The van der Waals surface area contributed by atoms with Gasteiger partial charge in [-0.1, -0.05) is 12.8 Å². The van der Waals surface area contributed by atoms with Crippen molar-refractivity contribution in [2.24, 2.45) is 27.4 Å². The molecule has 1 saturated carbocycles. The van der Waals surface area contributed by atoms with Crippen molar-refractivity contribution < 1.29 is 42.9 Å². The fourth-order valence-corrected chi connectivity index (χ4v) is 4.79. The zero-order chi connectivity index (χ0) is 35.4. The van der Waals surface area contributed by atoms with Crippen LogP contribution in [0.3, 0.4) is 0 Å². The lowest BCUT2D eigenvalue weighted by atomic mass is 9.91. The first-order valence-electron chi connectivity index (χ1n) is 16.1. The van der Waals surface area contributed by atoms with E-state index in [1.807, 2.05) is 0 Å². The highest BCUT2D eigenvalue weighted by molar-refractivity contribution is 7.80. The number of hydrogen-bond donors (Lipinski definition) is 3. The molecule has 264 valence electrons. The normalized spacial score (nSPS) is 27.5. The molecule has 1 saturated heterocycles. The summed E-state index contributed by atoms with van der Waals surface area (Å²) < 4.78 is 30.1. The molecular weight excluding hydrogens is 614 g/mol. The van der Waals surface area contributed by atoms with Crippen LogP contribution in [-0.4, -0.2) is 78.3 Å². The fourth-order valence-electron chi connectivity index (χ4n) is 4.52. The molecule has 12 nitrogen and oxygen atoms in total. The predicted octanol–water partition coefficient (Wildman–Crippen LogP) is 3.91. The molecule has 2 rings (SSSR count). The average Bonchev–Trinajstić information content (AvgIpc) is 2.89. The first-order chi connectivity index (χ1) is 20.8. The Balaban J connectivity index is 2.63. The standard InChI is InChI=1S/C33H57N3O9S/c1-30(2,3)25(37)41-17-20-21(43-26(38)31(4,5)6)22(44-27(39)32(7,8)9)23(45-28(40)33(10,11)12)24(42-20)36-29(46)35-19-16-14-13-15-18(19)34/h18-24H,13-17,34H2,1-12H3,(H2,35,36,46)/t18-,19-,20?,21?,22?,23?,24?/m1/s1. The second-order valence-corrected chi connectivity index (χ2v) is 16.9. The van der Waals surface area contributed by atoms with Crippen LogP contribution in [0.15, 0.2) is 0 Å². The van der Waals surface area contributed by atoms with Gasteiger partial charge in [0.25, 0.3) is 0 Å². The van der Waals surface area contributed by atoms with Crippen molar-refractivity contribution in [1.82, 2.24) is 10.6 Å². The van der Waals surface area contributed by atoms with Crippen LogP contribution in [0.4, 0.5) is 0 Å². The summed E-state index contributed by atoms with van der Waals surface area (Å²) >= 11 is 5.66. The molecular formula is C33H57N3O9S. The molecule has 2 fully saturated rings. The molecule has 5 unspecified atom stereocenters.